The number of thiophene rings is 1. The average molecular weight is 420 g/mol. The van der Waals surface area contributed by atoms with Crippen LogP contribution in [-0.4, -0.2) is 84.0 Å². The van der Waals surface area contributed by atoms with E-state index in [-0.39, 0.29) is 6.61 Å². The number of ether oxygens (including phenoxy) is 1. The Labute approximate surface area is 177 Å². The van der Waals surface area contributed by atoms with Gasteiger partial charge in [-0.05, 0) is 51.3 Å². The van der Waals surface area contributed by atoms with E-state index in [9.17, 15) is 0 Å². The molecule has 0 radical (unpaired) electrons. The molecule has 29 heavy (non-hydrogen) atoms. The van der Waals surface area contributed by atoms with Gasteiger partial charge in [-0.15, -0.1) is 11.3 Å². The second kappa shape index (κ2) is 9.66. The number of aliphatic hydroxyl groups excluding tert-OH is 1. The molecule has 0 spiro atoms. The lowest BCUT2D eigenvalue weighted by molar-refractivity contribution is 0.0331. The number of nitrogens with zero attached hydrogens (tertiary/aromatic N) is 4. The van der Waals surface area contributed by atoms with Crippen LogP contribution in [0.15, 0.2) is 0 Å². The summed E-state index contributed by atoms with van der Waals surface area (Å²) in [6, 6.07) is 0. The van der Waals surface area contributed by atoms with E-state index in [0.29, 0.717) is 5.92 Å². The van der Waals surface area contributed by atoms with Gasteiger partial charge in [0.15, 0.2) is 0 Å². The van der Waals surface area contributed by atoms with Crippen LogP contribution in [0.1, 0.15) is 29.1 Å². The number of β-amino-alcohol motifs (C(OH)–C–C–N with tert-alkyl or cyclic N) is 1. The molecule has 2 fully saturated rings. The van der Waals surface area contributed by atoms with Crippen molar-refractivity contribution in [3.05, 3.63) is 16.3 Å². The van der Waals surface area contributed by atoms with Crippen molar-refractivity contribution in [1.29, 1.82) is 0 Å². The predicted octanol–water partition coefficient (Wildman–Crippen LogP) is 2.26. The smallest absolute Gasteiger partial charge is 0.146 e. The van der Waals surface area contributed by atoms with Crippen LogP contribution in [0.3, 0.4) is 0 Å². The summed E-state index contributed by atoms with van der Waals surface area (Å²) < 4.78 is 5.47. The first-order valence-corrected chi connectivity index (χ1v) is 11.6. The molecule has 0 aliphatic carbocycles. The maximum atomic E-state index is 9.13. The summed E-state index contributed by atoms with van der Waals surface area (Å²) in [7, 11) is 0. The predicted molar refractivity (Wildman–Crippen MR) is 118 cm³/mol. The van der Waals surface area contributed by atoms with Crippen molar-refractivity contribution in [2.45, 2.75) is 33.2 Å². The molecule has 0 bridgehead atoms. The second-order valence-electron chi connectivity index (χ2n) is 8.23. The molecule has 4 rings (SSSR count). The highest BCUT2D eigenvalue weighted by atomic mass is 32.1. The molecule has 2 aromatic heterocycles. The molecule has 160 valence electrons. The van der Waals surface area contributed by atoms with E-state index >= 15 is 0 Å². The van der Waals surface area contributed by atoms with Crippen LogP contribution in [0.4, 0.5) is 5.82 Å². The number of morpholine rings is 1. The molecule has 2 aromatic rings. The lowest BCUT2D eigenvalue weighted by Gasteiger charge is -2.31. The average Bonchev–Trinajstić information content (AvgIpc) is 3.02. The van der Waals surface area contributed by atoms with Crippen molar-refractivity contribution < 1.29 is 9.84 Å². The van der Waals surface area contributed by atoms with E-state index < -0.39 is 0 Å². The van der Waals surface area contributed by atoms with Crippen molar-refractivity contribution in [1.82, 2.24) is 19.8 Å². The minimum atomic E-state index is 0.255. The quantitative estimate of drug-likeness (QED) is 0.713. The van der Waals surface area contributed by atoms with E-state index in [2.05, 4.69) is 29.0 Å². The lowest BCUT2D eigenvalue weighted by Crippen LogP contribution is -2.37. The zero-order chi connectivity index (χ0) is 20.2. The number of anilines is 1. The van der Waals surface area contributed by atoms with E-state index in [1.54, 1.807) is 11.3 Å². The van der Waals surface area contributed by atoms with E-state index in [1.165, 1.54) is 28.7 Å². The first-order valence-electron chi connectivity index (χ1n) is 10.8. The van der Waals surface area contributed by atoms with Gasteiger partial charge < -0.3 is 20.1 Å². The van der Waals surface area contributed by atoms with Crippen molar-refractivity contribution in [3.63, 3.8) is 0 Å². The summed E-state index contributed by atoms with van der Waals surface area (Å²) in [6.45, 7) is 12.7. The van der Waals surface area contributed by atoms with Crippen molar-refractivity contribution >= 4 is 27.4 Å². The number of hydrogen-bond acceptors (Lipinski definition) is 8. The van der Waals surface area contributed by atoms with Crippen LogP contribution in [0.2, 0.25) is 0 Å². The summed E-state index contributed by atoms with van der Waals surface area (Å²) in [5.41, 5.74) is 1.29. The number of aromatic nitrogens is 2. The standard InChI is InChI=1S/C21H33N5O2S/c1-15-16(2)29-21-19(15)20(22-13-17-3-5-25(6-4-17)7-10-27)23-18(24-21)14-26-8-11-28-12-9-26/h17,27H,3-14H2,1-2H3,(H,22,23,24). The Kier molecular flexibility index (Phi) is 6.97. The number of aryl methyl sites for hydroxylation is 2. The highest BCUT2D eigenvalue weighted by Gasteiger charge is 2.21. The number of aliphatic hydroxyl groups is 1. The summed E-state index contributed by atoms with van der Waals surface area (Å²) >= 11 is 1.77. The van der Waals surface area contributed by atoms with Gasteiger partial charge in [0.2, 0.25) is 0 Å². The molecule has 0 atom stereocenters. The Hall–Kier alpha value is -1.32. The fourth-order valence-corrected chi connectivity index (χ4v) is 5.30. The van der Waals surface area contributed by atoms with E-state index in [0.717, 1.165) is 75.5 Å². The number of nitrogens with one attached hydrogen (secondary N) is 1. The summed E-state index contributed by atoms with van der Waals surface area (Å²) in [6.07, 6.45) is 2.34. The Morgan fingerprint density at radius 3 is 2.59 bits per heavy atom. The molecule has 0 aromatic carbocycles. The number of likely N-dealkylation sites (tertiary alicyclic amines) is 1. The van der Waals surface area contributed by atoms with Crippen molar-refractivity contribution in [2.75, 3.05) is 64.4 Å². The third-order valence-corrected chi connectivity index (χ3v) is 7.33. The fraction of sp³-hybridized carbons (Fsp3) is 0.714. The fourth-order valence-electron chi connectivity index (χ4n) is 4.25. The largest absolute Gasteiger partial charge is 0.395 e. The van der Waals surface area contributed by atoms with Crippen LogP contribution in [0, 0.1) is 19.8 Å². The van der Waals surface area contributed by atoms with Gasteiger partial charge in [-0.2, -0.15) is 0 Å². The minimum Gasteiger partial charge on any atom is -0.395 e. The maximum absolute atomic E-state index is 9.13. The summed E-state index contributed by atoms with van der Waals surface area (Å²) in [4.78, 5) is 17.0. The first-order chi connectivity index (χ1) is 14.1. The van der Waals surface area contributed by atoms with Crippen LogP contribution in [0.5, 0.6) is 0 Å². The molecule has 4 heterocycles. The molecule has 2 aliphatic heterocycles. The second-order valence-corrected chi connectivity index (χ2v) is 9.43. The third kappa shape index (κ3) is 5.06. The van der Waals surface area contributed by atoms with Crippen LogP contribution >= 0.6 is 11.3 Å². The van der Waals surface area contributed by atoms with Gasteiger partial charge in [0, 0.05) is 31.1 Å². The van der Waals surface area contributed by atoms with Crippen LogP contribution in [-0.2, 0) is 11.3 Å². The zero-order valence-corrected chi connectivity index (χ0v) is 18.4. The molecular formula is C21H33N5O2S. The van der Waals surface area contributed by atoms with Gasteiger partial charge in [0.1, 0.15) is 16.5 Å². The molecule has 8 heteroatoms. The Bertz CT molecular complexity index is 813. The van der Waals surface area contributed by atoms with Gasteiger partial charge in [-0.1, -0.05) is 0 Å². The molecule has 2 N–H and O–H groups in total. The molecular weight excluding hydrogens is 386 g/mol. The van der Waals surface area contributed by atoms with Gasteiger partial charge in [0.25, 0.3) is 0 Å². The topological polar surface area (TPSA) is 73.8 Å². The van der Waals surface area contributed by atoms with Gasteiger partial charge >= 0.3 is 0 Å². The molecule has 0 unspecified atom stereocenters. The summed E-state index contributed by atoms with van der Waals surface area (Å²) in [5, 5.41) is 14.0. The zero-order valence-electron chi connectivity index (χ0n) is 17.6. The van der Waals surface area contributed by atoms with Gasteiger partial charge in [-0.3, -0.25) is 4.90 Å². The highest BCUT2D eigenvalue weighted by Crippen LogP contribution is 2.34. The van der Waals surface area contributed by atoms with Crippen LogP contribution < -0.4 is 5.32 Å². The number of fused-ring (bicyclic) bond motifs is 1. The van der Waals surface area contributed by atoms with Gasteiger partial charge in [0.05, 0.1) is 31.8 Å². The first kappa shape index (κ1) is 20.9. The third-order valence-electron chi connectivity index (χ3n) is 6.23. The molecule has 2 aliphatic rings. The maximum Gasteiger partial charge on any atom is 0.146 e. The molecule has 2 saturated heterocycles. The highest BCUT2D eigenvalue weighted by molar-refractivity contribution is 7.18. The van der Waals surface area contributed by atoms with E-state index in [1.807, 2.05) is 0 Å². The van der Waals surface area contributed by atoms with Crippen molar-refractivity contribution in [3.8, 4) is 0 Å². The Morgan fingerprint density at radius 2 is 1.86 bits per heavy atom. The number of piperidine rings is 1. The SMILES string of the molecule is Cc1sc2nc(CN3CCOCC3)nc(NCC3CCN(CCO)CC3)c2c1C. The normalized spacial score (nSPS) is 19.8. The lowest BCUT2D eigenvalue weighted by atomic mass is 9.97. The van der Waals surface area contributed by atoms with Crippen molar-refractivity contribution in [2.24, 2.45) is 5.92 Å². The minimum absolute atomic E-state index is 0.255. The number of rotatable bonds is 7. The van der Waals surface area contributed by atoms with Crippen LogP contribution in [0.25, 0.3) is 10.2 Å². The van der Waals surface area contributed by atoms with E-state index in [4.69, 9.17) is 19.8 Å². The summed E-state index contributed by atoms with van der Waals surface area (Å²) in [5.74, 6) is 2.55. The monoisotopic (exact) mass is 419 g/mol. The molecule has 0 amide bonds. The molecule has 7 nitrogen and oxygen atoms in total. The Balaban J connectivity index is 1.47. The Morgan fingerprint density at radius 1 is 1.10 bits per heavy atom. The molecule has 0 saturated carbocycles. The van der Waals surface area contributed by atoms with Gasteiger partial charge in [-0.25, -0.2) is 9.97 Å². The number of hydrogen-bond donors (Lipinski definition) is 2.